The first kappa shape index (κ1) is 11.0. The zero-order chi connectivity index (χ0) is 8.53. The van der Waals surface area contributed by atoms with Crippen LogP contribution in [0.2, 0.25) is 0 Å². The summed E-state index contributed by atoms with van der Waals surface area (Å²) in [5.74, 6) is 0.942. The first-order valence-corrected chi connectivity index (χ1v) is 4.95. The van der Waals surface area contributed by atoms with Crippen molar-refractivity contribution in [2.45, 2.75) is 46.0 Å². The zero-order valence-corrected chi connectivity index (χ0v) is 8.32. The molecule has 1 atom stereocenters. The number of unbranched alkanes of at least 4 members (excludes halogenated alkanes) is 1. The van der Waals surface area contributed by atoms with Crippen LogP contribution in [-0.4, -0.2) is 13.6 Å². The van der Waals surface area contributed by atoms with E-state index in [0.717, 1.165) is 5.92 Å². The molecule has 0 heterocycles. The molecule has 0 bridgehead atoms. The minimum absolute atomic E-state index is 0.942. The molecule has 0 aromatic heterocycles. The third-order valence-electron chi connectivity index (χ3n) is 2.16. The highest BCUT2D eigenvalue weighted by Gasteiger charge is 1.98. The number of hydrogen-bond donors (Lipinski definition) is 1. The Labute approximate surface area is 71.6 Å². The van der Waals surface area contributed by atoms with Crippen LogP contribution in [-0.2, 0) is 0 Å². The molecule has 68 valence electrons. The second-order valence-electron chi connectivity index (χ2n) is 3.49. The van der Waals surface area contributed by atoms with Gasteiger partial charge in [0.25, 0.3) is 0 Å². The smallest absolute Gasteiger partial charge is 0.00519 e. The molecule has 0 spiro atoms. The molecule has 0 radical (unpaired) electrons. The van der Waals surface area contributed by atoms with Crippen molar-refractivity contribution in [3.05, 3.63) is 0 Å². The summed E-state index contributed by atoms with van der Waals surface area (Å²) < 4.78 is 0. The maximum Gasteiger partial charge on any atom is -0.00519 e. The van der Waals surface area contributed by atoms with E-state index in [1.54, 1.807) is 0 Å². The van der Waals surface area contributed by atoms with Crippen molar-refractivity contribution in [3.63, 3.8) is 0 Å². The molecular formula is C10H23N. The summed E-state index contributed by atoms with van der Waals surface area (Å²) >= 11 is 0. The lowest BCUT2D eigenvalue weighted by molar-refractivity contribution is 0.458. The Morgan fingerprint density at radius 1 is 1.18 bits per heavy atom. The van der Waals surface area contributed by atoms with Gasteiger partial charge in [0.1, 0.15) is 0 Å². The molecular weight excluding hydrogens is 134 g/mol. The average molecular weight is 157 g/mol. The summed E-state index contributed by atoms with van der Waals surface area (Å²) in [4.78, 5) is 0. The minimum atomic E-state index is 0.942. The third kappa shape index (κ3) is 7.86. The molecule has 0 saturated carbocycles. The summed E-state index contributed by atoms with van der Waals surface area (Å²) in [5, 5.41) is 3.17. The molecule has 1 N–H and O–H groups in total. The molecule has 0 saturated heterocycles. The fourth-order valence-corrected chi connectivity index (χ4v) is 1.43. The van der Waals surface area contributed by atoms with Gasteiger partial charge in [0.05, 0.1) is 0 Å². The molecule has 0 aliphatic heterocycles. The van der Waals surface area contributed by atoms with Crippen molar-refractivity contribution < 1.29 is 0 Å². The van der Waals surface area contributed by atoms with Gasteiger partial charge in [0.15, 0.2) is 0 Å². The fraction of sp³-hybridized carbons (Fsp3) is 1.00. The van der Waals surface area contributed by atoms with Gasteiger partial charge in [0.2, 0.25) is 0 Å². The Bertz CT molecular complexity index is 71.3. The predicted molar refractivity (Wildman–Crippen MR) is 51.8 cm³/mol. The van der Waals surface area contributed by atoms with Crippen LogP contribution in [0.1, 0.15) is 46.0 Å². The molecule has 0 fully saturated rings. The van der Waals surface area contributed by atoms with Crippen molar-refractivity contribution in [2.24, 2.45) is 5.92 Å². The van der Waals surface area contributed by atoms with Crippen LogP contribution in [0.5, 0.6) is 0 Å². The Kier molecular flexibility index (Phi) is 8.03. The van der Waals surface area contributed by atoms with Crippen molar-refractivity contribution in [2.75, 3.05) is 13.6 Å². The van der Waals surface area contributed by atoms with E-state index in [2.05, 4.69) is 19.2 Å². The summed E-state index contributed by atoms with van der Waals surface area (Å²) in [6, 6.07) is 0. The molecule has 1 unspecified atom stereocenters. The lowest BCUT2D eigenvalue weighted by Crippen LogP contribution is -2.07. The number of rotatable bonds is 7. The maximum atomic E-state index is 3.17. The molecule has 0 aromatic carbocycles. The Hall–Kier alpha value is -0.0400. The van der Waals surface area contributed by atoms with E-state index in [-0.39, 0.29) is 0 Å². The van der Waals surface area contributed by atoms with Crippen molar-refractivity contribution >= 4 is 0 Å². The second kappa shape index (κ2) is 8.06. The zero-order valence-electron chi connectivity index (χ0n) is 8.32. The van der Waals surface area contributed by atoms with Crippen LogP contribution in [0.25, 0.3) is 0 Å². The first-order chi connectivity index (χ1) is 5.31. The highest BCUT2D eigenvalue weighted by molar-refractivity contribution is 4.53. The maximum absolute atomic E-state index is 3.17. The predicted octanol–water partition coefficient (Wildman–Crippen LogP) is 2.81. The van der Waals surface area contributed by atoms with Crippen LogP contribution in [0.15, 0.2) is 0 Å². The standard InChI is InChI=1S/C10H23N/c1-4-7-10(2)8-5-6-9-11-3/h10-11H,4-9H2,1-3H3. The highest BCUT2D eigenvalue weighted by atomic mass is 14.8. The SMILES string of the molecule is CCCC(C)CCCCNC. The molecule has 1 nitrogen and oxygen atoms in total. The average Bonchev–Trinajstić information content (AvgIpc) is 1.99. The number of nitrogens with one attached hydrogen (secondary N) is 1. The molecule has 11 heavy (non-hydrogen) atoms. The molecule has 0 amide bonds. The van der Waals surface area contributed by atoms with E-state index < -0.39 is 0 Å². The Morgan fingerprint density at radius 3 is 2.45 bits per heavy atom. The van der Waals surface area contributed by atoms with Gasteiger partial charge in [-0.3, -0.25) is 0 Å². The lowest BCUT2D eigenvalue weighted by atomic mass is 9.99. The summed E-state index contributed by atoms with van der Waals surface area (Å²) in [6.07, 6.45) is 6.88. The van der Waals surface area contributed by atoms with Crippen LogP contribution in [0, 0.1) is 5.92 Å². The largest absolute Gasteiger partial charge is 0.320 e. The fourth-order valence-electron chi connectivity index (χ4n) is 1.43. The van der Waals surface area contributed by atoms with Gasteiger partial charge in [-0.05, 0) is 25.9 Å². The molecule has 0 aromatic rings. The summed E-state index contributed by atoms with van der Waals surface area (Å²) in [5.41, 5.74) is 0. The van der Waals surface area contributed by atoms with Crippen LogP contribution >= 0.6 is 0 Å². The van der Waals surface area contributed by atoms with Gasteiger partial charge in [-0.2, -0.15) is 0 Å². The van der Waals surface area contributed by atoms with Crippen LogP contribution in [0.3, 0.4) is 0 Å². The van der Waals surface area contributed by atoms with E-state index in [1.165, 1.54) is 38.6 Å². The lowest BCUT2D eigenvalue weighted by Gasteiger charge is -2.08. The molecule has 0 rings (SSSR count). The van der Waals surface area contributed by atoms with Crippen LogP contribution in [0.4, 0.5) is 0 Å². The molecule has 0 aliphatic carbocycles. The van der Waals surface area contributed by atoms with Gasteiger partial charge in [-0.1, -0.05) is 39.5 Å². The van der Waals surface area contributed by atoms with Gasteiger partial charge < -0.3 is 5.32 Å². The highest BCUT2D eigenvalue weighted by Crippen LogP contribution is 2.12. The first-order valence-electron chi connectivity index (χ1n) is 4.95. The van der Waals surface area contributed by atoms with Crippen LogP contribution < -0.4 is 5.32 Å². The quantitative estimate of drug-likeness (QED) is 0.560. The van der Waals surface area contributed by atoms with E-state index in [0.29, 0.717) is 0 Å². The van der Waals surface area contributed by atoms with Gasteiger partial charge in [0, 0.05) is 0 Å². The monoisotopic (exact) mass is 157 g/mol. The summed E-state index contributed by atoms with van der Waals surface area (Å²) in [6.45, 7) is 5.81. The number of hydrogen-bond acceptors (Lipinski definition) is 1. The van der Waals surface area contributed by atoms with Gasteiger partial charge >= 0.3 is 0 Å². The van der Waals surface area contributed by atoms with Gasteiger partial charge in [-0.15, -0.1) is 0 Å². The van der Waals surface area contributed by atoms with Crippen molar-refractivity contribution in [1.29, 1.82) is 0 Å². The van der Waals surface area contributed by atoms with Crippen molar-refractivity contribution in [3.8, 4) is 0 Å². The normalized spacial score (nSPS) is 13.4. The summed E-state index contributed by atoms with van der Waals surface area (Å²) in [7, 11) is 2.02. The van der Waals surface area contributed by atoms with E-state index >= 15 is 0 Å². The second-order valence-corrected chi connectivity index (χ2v) is 3.49. The topological polar surface area (TPSA) is 12.0 Å². The van der Waals surface area contributed by atoms with E-state index in [1.807, 2.05) is 7.05 Å². The van der Waals surface area contributed by atoms with Gasteiger partial charge in [-0.25, -0.2) is 0 Å². The molecule has 0 aliphatic rings. The van der Waals surface area contributed by atoms with E-state index in [9.17, 15) is 0 Å². The minimum Gasteiger partial charge on any atom is -0.320 e. The molecule has 1 heteroatoms. The Morgan fingerprint density at radius 2 is 1.91 bits per heavy atom. The van der Waals surface area contributed by atoms with Crippen molar-refractivity contribution in [1.82, 2.24) is 5.32 Å². The van der Waals surface area contributed by atoms with E-state index in [4.69, 9.17) is 0 Å². The Balaban J connectivity index is 2.97. The third-order valence-corrected chi connectivity index (χ3v) is 2.16.